The summed E-state index contributed by atoms with van der Waals surface area (Å²) in [6, 6.07) is 0. The number of carbonyl (C=O) groups excluding carboxylic acids is 2. The van der Waals surface area contributed by atoms with Gasteiger partial charge in [-0.2, -0.15) is 0 Å². The van der Waals surface area contributed by atoms with E-state index in [0.29, 0.717) is 12.8 Å². The van der Waals surface area contributed by atoms with E-state index in [4.69, 9.17) is 5.84 Å². The lowest BCUT2D eigenvalue weighted by molar-refractivity contribution is -0.140. The number of nitrogens with two attached hydrogens (primary N) is 1. The van der Waals surface area contributed by atoms with Gasteiger partial charge in [0, 0.05) is 0 Å². The van der Waals surface area contributed by atoms with Crippen molar-refractivity contribution in [3.63, 3.8) is 0 Å². The van der Waals surface area contributed by atoms with Crippen molar-refractivity contribution in [1.29, 1.82) is 0 Å². The number of hydrogen-bond acceptors (Lipinski definition) is 3. The highest BCUT2D eigenvalue weighted by Crippen LogP contribution is 2.36. The second-order valence-electron chi connectivity index (χ2n) is 3.75. The summed E-state index contributed by atoms with van der Waals surface area (Å²) >= 11 is 0. The summed E-state index contributed by atoms with van der Waals surface area (Å²) in [5, 5.41) is 0.780. The fourth-order valence-corrected chi connectivity index (χ4v) is 2.06. The molecule has 0 saturated carbocycles. The van der Waals surface area contributed by atoms with Crippen molar-refractivity contribution in [2.75, 3.05) is 0 Å². The van der Waals surface area contributed by atoms with Crippen molar-refractivity contribution in [3.8, 4) is 0 Å². The average molecular weight is 180 g/mol. The van der Waals surface area contributed by atoms with Crippen LogP contribution in [-0.4, -0.2) is 16.8 Å². The van der Waals surface area contributed by atoms with Gasteiger partial charge in [-0.3, -0.25) is 9.59 Å². The smallest absolute Gasteiger partial charge is 0.247 e. The maximum atomic E-state index is 11.4. The molecule has 0 spiro atoms. The van der Waals surface area contributed by atoms with Crippen molar-refractivity contribution < 1.29 is 9.59 Å². The van der Waals surface area contributed by atoms with Crippen LogP contribution in [0.4, 0.5) is 0 Å². The molecule has 1 aliphatic carbocycles. The Labute approximate surface area is 76.4 Å². The molecule has 1 aliphatic heterocycles. The van der Waals surface area contributed by atoms with Gasteiger partial charge in [0.1, 0.15) is 0 Å². The van der Waals surface area contributed by atoms with Gasteiger partial charge in [-0.05, 0) is 19.8 Å². The van der Waals surface area contributed by atoms with Crippen molar-refractivity contribution in [1.82, 2.24) is 5.01 Å². The van der Waals surface area contributed by atoms with Gasteiger partial charge in [-0.25, -0.2) is 10.9 Å². The summed E-state index contributed by atoms with van der Waals surface area (Å²) in [6.45, 7) is 1.98. The molecule has 0 radical (unpaired) electrons. The minimum absolute atomic E-state index is 0.192. The highest BCUT2D eigenvalue weighted by atomic mass is 16.2. The molecule has 2 atom stereocenters. The fraction of sp³-hybridized carbons (Fsp3) is 0.556. The van der Waals surface area contributed by atoms with Crippen molar-refractivity contribution >= 4 is 11.8 Å². The number of hydrazine groups is 1. The van der Waals surface area contributed by atoms with Crippen molar-refractivity contribution in [2.24, 2.45) is 17.7 Å². The number of amides is 2. The lowest BCUT2D eigenvalue weighted by Crippen LogP contribution is -2.37. The highest BCUT2D eigenvalue weighted by molar-refractivity contribution is 6.04. The minimum Gasteiger partial charge on any atom is -0.273 e. The molecule has 0 aromatic heterocycles. The second-order valence-corrected chi connectivity index (χ2v) is 3.75. The minimum atomic E-state index is -0.223. The SMILES string of the molecule is CC1=CCC2C(=O)N(N)C(=O)C2C1. The largest absolute Gasteiger partial charge is 0.273 e. The first kappa shape index (κ1) is 8.44. The quantitative estimate of drug-likeness (QED) is 0.251. The molecule has 2 amide bonds. The maximum absolute atomic E-state index is 11.4. The van der Waals surface area contributed by atoms with Crippen LogP contribution in [0.1, 0.15) is 19.8 Å². The van der Waals surface area contributed by atoms with E-state index in [1.807, 2.05) is 13.0 Å². The Balaban J connectivity index is 2.30. The second kappa shape index (κ2) is 2.67. The Bertz CT molecular complexity index is 309. The fourth-order valence-electron chi connectivity index (χ4n) is 2.06. The monoisotopic (exact) mass is 180 g/mol. The molecule has 0 bridgehead atoms. The molecule has 2 unspecified atom stereocenters. The van der Waals surface area contributed by atoms with Crippen LogP contribution in [0.15, 0.2) is 11.6 Å². The van der Waals surface area contributed by atoms with Crippen molar-refractivity contribution in [3.05, 3.63) is 11.6 Å². The van der Waals surface area contributed by atoms with Crippen LogP contribution in [0, 0.1) is 11.8 Å². The van der Waals surface area contributed by atoms with Crippen LogP contribution in [-0.2, 0) is 9.59 Å². The number of nitrogens with zero attached hydrogens (tertiary/aromatic N) is 1. The zero-order valence-corrected chi connectivity index (χ0v) is 7.49. The van der Waals surface area contributed by atoms with Crippen LogP contribution in [0.5, 0.6) is 0 Å². The van der Waals surface area contributed by atoms with Crippen LogP contribution >= 0.6 is 0 Å². The maximum Gasteiger partial charge on any atom is 0.247 e. The Morgan fingerprint density at radius 2 is 2.00 bits per heavy atom. The summed E-state index contributed by atoms with van der Waals surface area (Å²) in [5.41, 5.74) is 1.18. The van der Waals surface area contributed by atoms with E-state index >= 15 is 0 Å². The first-order valence-corrected chi connectivity index (χ1v) is 4.39. The van der Waals surface area contributed by atoms with Crippen LogP contribution < -0.4 is 5.84 Å². The Kier molecular flexibility index (Phi) is 1.73. The first-order valence-electron chi connectivity index (χ1n) is 4.39. The first-order chi connectivity index (χ1) is 6.11. The number of fused-ring (bicyclic) bond motifs is 1. The average Bonchev–Trinajstić information content (AvgIpc) is 2.32. The number of imide groups is 1. The molecule has 2 N–H and O–H groups in total. The molecule has 4 heteroatoms. The van der Waals surface area contributed by atoms with E-state index in [0.717, 1.165) is 5.01 Å². The third kappa shape index (κ3) is 1.09. The van der Waals surface area contributed by atoms with Gasteiger partial charge in [-0.15, -0.1) is 0 Å². The number of rotatable bonds is 0. The van der Waals surface area contributed by atoms with Crippen molar-refractivity contribution in [2.45, 2.75) is 19.8 Å². The lowest BCUT2D eigenvalue weighted by Gasteiger charge is -2.18. The van der Waals surface area contributed by atoms with Crippen LogP contribution in [0.3, 0.4) is 0 Å². The van der Waals surface area contributed by atoms with Gasteiger partial charge in [0.25, 0.3) is 0 Å². The van der Waals surface area contributed by atoms with E-state index < -0.39 is 0 Å². The standard InChI is InChI=1S/C9H12N2O2/c1-5-2-3-6-7(4-5)9(13)11(10)8(6)12/h2,6-7H,3-4,10H2,1H3. The van der Waals surface area contributed by atoms with Crippen LogP contribution in [0.2, 0.25) is 0 Å². The summed E-state index contributed by atoms with van der Waals surface area (Å²) < 4.78 is 0. The Morgan fingerprint density at radius 1 is 1.38 bits per heavy atom. The van der Waals surface area contributed by atoms with E-state index in [2.05, 4.69) is 0 Å². The van der Waals surface area contributed by atoms with Gasteiger partial charge in [-0.1, -0.05) is 11.6 Å². The highest BCUT2D eigenvalue weighted by Gasteiger charge is 2.46. The third-order valence-corrected chi connectivity index (χ3v) is 2.86. The zero-order chi connectivity index (χ0) is 9.59. The Morgan fingerprint density at radius 3 is 2.69 bits per heavy atom. The zero-order valence-electron chi connectivity index (χ0n) is 7.49. The molecule has 2 aliphatic rings. The van der Waals surface area contributed by atoms with Gasteiger partial charge < -0.3 is 0 Å². The molecule has 0 aromatic rings. The molecule has 0 aromatic carbocycles. The van der Waals surface area contributed by atoms with E-state index in [1.165, 1.54) is 5.57 Å². The molecule has 2 rings (SSSR count). The number of carbonyl (C=O) groups is 2. The van der Waals surface area contributed by atoms with Gasteiger partial charge in [0.2, 0.25) is 11.8 Å². The van der Waals surface area contributed by atoms with E-state index in [1.54, 1.807) is 0 Å². The molecule has 70 valence electrons. The predicted octanol–water partition coefficient (Wildman–Crippen LogP) is 0.201. The number of allylic oxidation sites excluding steroid dienone is 2. The number of hydrogen-bond donors (Lipinski definition) is 1. The summed E-state index contributed by atoms with van der Waals surface area (Å²) in [5.74, 6) is 4.51. The molecule has 1 heterocycles. The summed E-state index contributed by atoms with van der Waals surface area (Å²) in [7, 11) is 0. The normalized spacial score (nSPS) is 33.4. The summed E-state index contributed by atoms with van der Waals surface area (Å²) in [6.07, 6.45) is 3.36. The van der Waals surface area contributed by atoms with E-state index in [9.17, 15) is 9.59 Å². The Hall–Kier alpha value is -1.16. The topological polar surface area (TPSA) is 63.4 Å². The molecule has 1 fully saturated rings. The molecular formula is C9H12N2O2. The predicted molar refractivity (Wildman–Crippen MR) is 46.0 cm³/mol. The van der Waals surface area contributed by atoms with Crippen LogP contribution in [0.25, 0.3) is 0 Å². The molecule has 1 saturated heterocycles. The lowest BCUT2D eigenvalue weighted by atomic mass is 9.82. The summed E-state index contributed by atoms with van der Waals surface area (Å²) in [4.78, 5) is 22.9. The molecule has 13 heavy (non-hydrogen) atoms. The molecule has 4 nitrogen and oxygen atoms in total. The van der Waals surface area contributed by atoms with E-state index in [-0.39, 0.29) is 23.7 Å². The third-order valence-electron chi connectivity index (χ3n) is 2.86. The van der Waals surface area contributed by atoms with Gasteiger partial charge in [0.05, 0.1) is 11.8 Å². The van der Waals surface area contributed by atoms with Gasteiger partial charge >= 0.3 is 0 Å². The van der Waals surface area contributed by atoms with Gasteiger partial charge in [0.15, 0.2) is 0 Å². The molecular weight excluding hydrogens is 168 g/mol.